The summed E-state index contributed by atoms with van der Waals surface area (Å²) in [6.07, 6.45) is 1.66. The zero-order chi connectivity index (χ0) is 17.2. The summed E-state index contributed by atoms with van der Waals surface area (Å²) >= 11 is 5.95. The van der Waals surface area contributed by atoms with Crippen molar-refractivity contribution in [2.45, 2.75) is 11.9 Å². The molecule has 4 aromatic rings. The van der Waals surface area contributed by atoms with Crippen LogP contribution < -0.4 is 5.32 Å². The zero-order valence-corrected chi connectivity index (χ0v) is 16.2. The topological polar surface area (TPSA) is 80.7 Å². The summed E-state index contributed by atoms with van der Waals surface area (Å²) in [5, 5.41) is 17.5. The third-order valence-electron chi connectivity index (χ3n) is 3.17. The predicted molar refractivity (Wildman–Crippen MR) is 105 cm³/mol. The molecule has 10 heteroatoms. The van der Waals surface area contributed by atoms with Crippen LogP contribution in [0.3, 0.4) is 0 Å². The molecule has 0 saturated carbocycles. The van der Waals surface area contributed by atoms with Gasteiger partial charge in [0.1, 0.15) is 16.2 Å². The molecule has 0 radical (unpaired) electrons. The first kappa shape index (κ1) is 16.6. The van der Waals surface area contributed by atoms with E-state index < -0.39 is 0 Å². The maximum absolute atomic E-state index is 12.0. The highest BCUT2D eigenvalue weighted by Gasteiger charge is 2.17. The second-order valence-electron chi connectivity index (χ2n) is 4.92. The van der Waals surface area contributed by atoms with Crippen molar-refractivity contribution in [3.63, 3.8) is 0 Å². The normalized spacial score (nSPS) is 11.1. The van der Waals surface area contributed by atoms with E-state index in [1.54, 1.807) is 28.9 Å². The Morgan fingerprint density at radius 3 is 2.96 bits per heavy atom. The van der Waals surface area contributed by atoms with E-state index in [2.05, 4.69) is 25.5 Å². The summed E-state index contributed by atoms with van der Waals surface area (Å²) in [5.41, 5.74) is 1.67. The van der Waals surface area contributed by atoms with Crippen molar-refractivity contribution in [1.29, 1.82) is 0 Å². The van der Waals surface area contributed by atoms with E-state index in [9.17, 15) is 4.79 Å². The molecule has 4 aromatic heterocycles. The molecule has 0 bridgehead atoms. The van der Waals surface area contributed by atoms with E-state index in [0.717, 1.165) is 25.8 Å². The number of aryl methyl sites for hydroxylation is 1. The number of carbonyl (C=O) groups is 1. The van der Waals surface area contributed by atoms with Gasteiger partial charge in [0.25, 0.3) is 0 Å². The van der Waals surface area contributed by atoms with Gasteiger partial charge in [0, 0.05) is 11.6 Å². The highest BCUT2D eigenvalue weighted by atomic mass is 32.2. The molecule has 0 spiro atoms. The minimum absolute atomic E-state index is 0.121. The van der Waals surface area contributed by atoms with Crippen LogP contribution in [0.1, 0.15) is 5.01 Å². The Bertz CT molecular complexity index is 1010. The fourth-order valence-electron chi connectivity index (χ4n) is 2.17. The van der Waals surface area contributed by atoms with Gasteiger partial charge in [-0.25, -0.2) is 9.97 Å². The zero-order valence-electron chi connectivity index (χ0n) is 12.9. The van der Waals surface area contributed by atoms with Crippen molar-refractivity contribution in [3.05, 3.63) is 34.1 Å². The third-order valence-corrected chi connectivity index (χ3v) is 6.66. The fraction of sp³-hybridized carbons (Fsp3) is 0.133. The number of anilines is 1. The van der Waals surface area contributed by atoms with E-state index in [1.807, 2.05) is 29.8 Å². The van der Waals surface area contributed by atoms with Gasteiger partial charge in [-0.1, -0.05) is 17.8 Å². The van der Waals surface area contributed by atoms with Crippen LogP contribution in [0, 0.1) is 6.92 Å². The average molecular weight is 406 g/mol. The lowest BCUT2D eigenvalue weighted by molar-refractivity contribution is -0.113. The molecule has 1 N–H and O–H groups in total. The quantitative estimate of drug-likeness (QED) is 0.498. The van der Waals surface area contributed by atoms with E-state index in [0.29, 0.717) is 10.2 Å². The van der Waals surface area contributed by atoms with Crippen molar-refractivity contribution in [2.24, 2.45) is 0 Å². The summed E-state index contributed by atoms with van der Waals surface area (Å²) in [6.45, 7) is 1.96. The SMILES string of the molecule is Cc1nc2c(SCC(=O)Nc3nccs3)nnc(-c3cccs3)c2s1. The average Bonchev–Trinajstić information content (AvgIpc) is 3.33. The van der Waals surface area contributed by atoms with Crippen molar-refractivity contribution < 1.29 is 4.79 Å². The summed E-state index contributed by atoms with van der Waals surface area (Å²) in [6, 6.07) is 4.02. The minimum Gasteiger partial charge on any atom is -0.301 e. The molecule has 0 atom stereocenters. The largest absolute Gasteiger partial charge is 0.301 e. The lowest BCUT2D eigenvalue weighted by Gasteiger charge is -2.04. The molecule has 4 rings (SSSR count). The molecule has 1 amide bonds. The Kier molecular flexibility index (Phi) is 4.75. The number of nitrogens with zero attached hydrogens (tertiary/aromatic N) is 4. The molecule has 0 aromatic carbocycles. The molecule has 0 aliphatic carbocycles. The van der Waals surface area contributed by atoms with Crippen LogP contribution in [0.2, 0.25) is 0 Å². The predicted octanol–water partition coefficient (Wildman–Crippen LogP) is 4.31. The van der Waals surface area contributed by atoms with Crippen molar-refractivity contribution in [1.82, 2.24) is 20.2 Å². The molecule has 6 nitrogen and oxygen atoms in total. The molecule has 0 saturated heterocycles. The third kappa shape index (κ3) is 3.56. The standard InChI is InChI=1S/C15H11N5OS4/c1-8-17-12-13(25-8)11(9-3-2-5-22-9)19-20-14(12)24-7-10(21)18-15-16-4-6-23-15/h2-6H,7H2,1H3,(H,16,18,21). The molecule has 0 unspecified atom stereocenters. The second kappa shape index (κ2) is 7.16. The molecule has 0 aliphatic heterocycles. The van der Waals surface area contributed by atoms with Gasteiger partial charge in [-0.2, -0.15) is 0 Å². The summed E-state index contributed by atoms with van der Waals surface area (Å²) < 4.78 is 1.01. The van der Waals surface area contributed by atoms with E-state index in [-0.39, 0.29) is 11.7 Å². The maximum Gasteiger partial charge on any atom is 0.236 e. The lowest BCUT2D eigenvalue weighted by Crippen LogP contribution is -2.14. The van der Waals surface area contributed by atoms with Gasteiger partial charge in [-0.3, -0.25) is 4.79 Å². The van der Waals surface area contributed by atoms with Crippen LogP contribution in [-0.4, -0.2) is 31.8 Å². The van der Waals surface area contributed by atoms with Crippen molar-refractivity contribution in [3.8, 4) is 10.6 Å². The van der Waals surface area contributed by atoms with Gasteiger partial charge < -0.3 is 5.32 Å². The summed E-state index contributed by atoms with van der Waals surface area (Å²) in [7, 11) is 0. The van der Waals surface area contributed by atoms with E-state index in [4.69, 9.17) is 0 Å². The fourth-order valence-corrected chi connectivity index (χ4v) is 5.20. The number of hydrogen-bond acceptors (Lipinski definition) is 9. The summed E-state index contributed by atoms with van der Waals surface area (Å²) in [4.78, 5) is 21.8. The molecule has 0 fully saturated rings. The Balaban J connectivity index is 1.58. The summed E-state index contributed by atoms with van der Waals surface area (Å²) in [5.74, 6) is 0.113. The van der Waals surface area contributed by atoms with Gasteiger partial charge in [-0.05, 0) is 18.4 Å². The maximum atomic E-state index is 12.0. The first-order valence-corrected chi connectivity index (χ1v) is 10.8. The number of nitrogens with one attached hydrogen (secondary N) is 1. The van der Waals surface area contributed by atoms with Crippen LogP contribution in [0.5, 0.6) is 0 Å². The molecular weight excluding hydrogens is 394 g/mol. The van der Waals surface area contributed by atoms with Gasteiger partial charge in [0.15, 0.2) is 5.13 Å². The van der Waals surface area contributed by atoms with Crippen molar-refractivity contribution in [2.75, 3.05) is 11.1 Å². The van der Waals surface area contributed by atoms with Crippen LogP contribution in [-0.2, 0) is 4.79 Å². The highest BCUT2D eigenvalue weighted by molar-refractivity contribution is 8.00. The Labute approximate surface area is 159 Å². The number of fused-ring (bicyclic) bond motifs is 1. The van der Waals surface area contributed by atoms with E-state index in [1.165, 1.54) is 23.1 Å². The number of thioether (sulfide) groups is 1. The molecule has 25 heavy (non-hydrogen) atoms. The first-order valence-electron chi connectivity index (χ1n) is 7.20. The lowest BCUT2D eigenvalue weighted by atomic mass is 10.3. The van der Waals surface area contributed by atoms with Crippen LogP contribution in [0.25, 0.3) is 20.8 Å². The number of hydrogen-bond donors (Lipinski definition) is 1. The number of rotatable bonds is 5. The number of thiophene rings is 1. The van der Waals surface area contributed by atoms with Crippen LogP contribution in [0.15, 0.2) is 34.1 Å². The van der Waals surface area contributed by atoms with Gasteiger partial charge >= 0.3 is 0 Å². The molecule has 4 heterocycles. The highest BCUT2D eigenvalue weighted by Crippen LogP contribution is 2.36. The van der Waals surface area contributed by atoms with Crippen LogP contribution in [0.4, 0.5) is 5.13 Å². The monoisotopic (exact) mass is 405 g/mol. The van der Waals surface area contributed by atoms with E-state index >= 15 is 0 Å². The smallest absolute Gasteiger partial charge is 0.236 e. The molecular formula is C15H11N5OS4. The van der Waals surface area contributed by atoms with Crippen molar-refractivity contribution >= 4 is 67.0 Å². The Hall–Kier alpha value is -1.88. The first-order chi connectivity index (χ1) is 12.2. The second-order valence-corrected chi connectivity index (χ2v) is 8.93. The van der Waals surface area contributed by atoms with Gasteiger partial charge in [0.05, 0.1) is 20.3 Å². The molecule has 126 valence electrons. The number of amides is 1. The minimum atomic E-state index is -0.121. The Morgan fingerprint density at radius 1 is 1.28 bits per heavy atom. The number of carbonyl (C=O) groups excluding carboxylic acids is 1. The van der Waals surface area contributed by atoms with Crippen LogP contribution >= 0.6 is 45.8 Å². The molecule has 0 aliphatic rings. The van der Waals surface area contributed by atoms with Gasteiger partial charge in [-0.15, -0.1) is 44.2 Å². The number of aromatic nitrogens is 4. The Morgan fingerprint density at radius 2 is 2.20 bits per heavy atom. The number of thiazole rings is 2. The van der Waals surface area contributed by atoms with Gasteiger partial charge in [0.2, 0.25) is 5.91 Å².